The summed E-state index contributed by atoms with van der Waals surface area (Å²) in [6.07, 6.45) is 0.994. The standard InChI is InChI=1S/C14H16F4N2O.C14H10F4N2O.C12H11FN2.C7H7BrFN.C5H6BNO2.2ClH/c2*15-12-2-1-9(8-20-13(21)14(16,17)18)7-11(12)10-3-5-19-6-4-10;13-12-2-1-9(8-14)7-11(12)10-3-5-15-6-4-10;8-6-3-5(4-10)1-2-7(6)9;8-6(9)5-1-3-7-4-2-5;;/h1-2,7,10,19H,3-6,8H2,(H,20,21);1-7H,8H2,(H,20,21);1-7H,8,14H2;1-3H,4,10H2;1-4,8-9H;2*1H. The minimum atomic E-state index is -4.94. The molecule has 0 bridgehead atoms. The van der Waals surface area contributed by atoms with Crippen LogP contribution in [-0.4, -0.2) is 69.4 Å². The number of nitrogens with one attached hydrogen (secondary N) is 3. The minimum absolute atomic E-state index is 0. The van der Waals surface area contributed by atoms with Gasteiger partial charge >= 0.3 is 31.3 Å². The number of halogens is 13. The fraction of sp³-hybridized carbons (Fsp3) is 0.212. The molecule has 1 aliphatic heterocycles. The lowest BCUT2D eigenvalue weighted by Crippen LogP contribution is -2.36. The Hall–Kier alpha value is -6.51. The van der Waals surface area contributed by atoms with Gasteiger partial charge in [0, 0.05) is 74.5 Å². The van der Waals surface area contributed by atoms with Crippen LogP contribution >= 0.6 is 40.7 Å². The highest BCUT2D eigenvalue weighted by atomic mass is 79.9. The van der Waals surface area contributed by atoms with Crippen LogP contribution in [-0.2, 0) is 35.8 Å². The summed E-state index contributed by atoms with van der Waals surface area (Å²) in [7, 11) is -1.38. The number of nitrogens with zero attached hydrogens (tertiary/aromatic N) is 3. The number of pyridine rings is 3. The third-order valence-electron chi connectivity index (χ3n) is 10.8. The molecule has 0 saturated carbocycles. The molecule has 78 heavy (non-hydrogen) atoms. The van der Waals surface area contributed by atoms with E-state index in [0.717, 1.165) is 48.7 Å². The zero-order chi connectivity index (χ0) is 55.8. The second-order valence-electron chi connectivity index (χ2n) is 16.2. The van der Waals surface area contributed by atoms with Crippen LogP contribution < -0.4 is 32.9 Å². The Balaban J connectivity index is 0.000000343. The van der Waals surface area contributed by atoms with Gasteiger partial charge in [-0.2, -0.15) is 26.3 Å². The molecule has 8 rings (SSSR count). The van der Waals surface area contributed by atoms with Crippen molar-refractivity contribution in [1.82, 2.24) is 30.9 Å². The molecule has 1 fully saturated rings. The van der Waals surface area contributed by atoms with Crippen LogP contribution in [0.3, 0.4) is 0 Å². The molecule has 0 spiro atoms. The molecule has 4 aromatic carbocycles. The van der Waals surface area contributed by atoms with Crippen molar-refractivity contribution < 1.29 is 63.5 Å². The van der Waals surface area contributed by atoms with Crippen molar-refractivity contribution in [1.29, 1.82) is 0 Å². The molecule has 1 aliphatic rings. The molecule has 1 saturated heterocycles. The molecule has 4 heterocycles. The number of benzene rings is 4. The first kappa shape index (κ1) is 67.6. The Morgan fingerprint density at radius 3 is 1.33 bits per heavy atom. The molecule has 26 heteroatoms. The van der Waals surface area contributed by atoms with Crippen LogP contribution in [0.2, 0.25) is 0 Å². The van der Waals surface area contributed by atoms with E-state index < -0.39 is 37.1 Å². The first-order chi connectivity index (χ1) is 36.1. The average Bonchev–Trinajstić information content (AvgIpc) is 3.42. The Bertz CT molecular complexity index is 2920. The Kier molecular flexibility index (Phi) is 29.2. The molecule has 0 radical (unpaired) electrons. The zero-order valence-corrected chi connectivity index (χ0v) is 44.1. The van der Waals surface area contributed by atoms with Crippen molar-refractivity contribution in [2.45, 2.75) is 57.3 Å². The van der Waals surface area contributed by atoms with Gasteiger partial charge in [0.25, 0.3) is 0 Å². The highest BCUT2D eigenvalue weighted by molar-refractivity contribution is 9.10. The van der Waals surface area contributed by atoms with E-state index in [-0.39, 0.29) is 66.8 Å². The van der Waals surface area contributed by atoms with Gasteiger partial charge in [-0.1, -0.05) is 30.3 Å². The summed E-state index contributed by atoms with van der Waals surface area (Å²) >= 11 is 3.06. The van der Waals surface area contributed by atoms with E-state index in [1.165, 1.54) is 61.2 Å². The molecule has 3 aromatic heterocycles. The van der Waals surface area contributed by atoms with Crippen molar-refractivity contribution in [2.24, 2.45) is 11.5 Å². The summed E-state index contributed by atoms with van der Waals surface area (Å²) in [5, 5.41) is 23.8. The van der Waals surface area contributed by atoms with Crippen LogP contribution in [0.25, 0.3) is 22.3 Å². The molecule has 7 aromatic rings. The molecule has 418 valence electrons. The SMILES string of the molecule is Cl.Cl.NCc1ccc(F)c(-c2ccncc2)c1.NCc1ccc(F)c(Br)c1.O=C(NCc1ccc(F)c(-c2ccncc2)c1)C(F)(F)F.O=C(NCc1ccc(F)c(C2CCNCC2)c1)C(F)(F)F.OB(O)c1ccncc1. The largest absolute Gasteiger partial charge is 0.488 e. The molecule has 0 aliphatic carbocycles. The molecule has 9 N–H and O–H groups in total. The lowest BCUT2D eigenvalue weighted by molar-refractivity contribution is -0.173. The third kappa shape index (κ3) is 22.8. The summed E-state index contributed by atoms with van der Waals surface area (Å²) in [6.45, 7) is 1.84. The number of piperidine rings is 1. The minimum Gasteiger partial charge on any atom is -0.423 e. The Morgan fingerprint density at radius 2 is 0.936 bits per heavy atom. The molecular weight excluding hydrogens is 1150 g/mol. The number of amides is 2. The maximum Gasteiger partial charge on any atom is 0.488 e. The number of aromatic nitrogens is 3. The summed E-state index contributed by atoms with van der Waals surface area (Å²) in [4.78, 5) is 32.9. The molecule has 12 nitrogen and oxygen atoms in total. The van der Waals surface area contributed by atoms with Gasteiger partial charge in [-0.05, 0) is 171 Å². The summed E-state index contributed by atoms with van der Waals surface area (Å²) in [5.41, 5.74) is 16.6. The van der Waals surface area contributed by atoms with E-state index in [1.54, 1.807) is 89.8 Å². The maximum absolute atomic E-state index is 13.9. The van der Waals surface area contributed by atoms with Crippen LogP contribution in [0, 0.1) is 23.3 Å². The maximum atomic E-state index is 13.9. The number of hydrogen-bond acceptors (Lipinski definition) is 10. The number of alkyl halides is 6. The van der Waals surface area contributed by atoms with Gasteiger partial charge in [0.15, 0.2) is 0 Å². The van der Waals surface area contributed by atoms with E-state index in [2.05, 4.69) is 36.2 Å². The van der Waals surface area contributed by atoms with Gasteiger partial charge in [0.2, 0.25) is 0 Å². The van der Waals surface area contributed by atoms with Crippen LogP contribution in [0.4, 0.5) is 43.9 Å². The van der Waals surface area contributed by atoms with Crippen LogP contribution in [0.15, 0.2) is 151 Å². The van der Waals surface area contributed by atoms with Gasteiger partial charge in [0.1, 0.15) is 23.3 Å². The first-order valence-corrected chi connectivity index (χ1v) is 23.6. The monoisotopic (exact) mass is 1200 g/mol. The fourth-order valence-corrected chi connectivity index (χ4v) is 7.23. The number of nitrogens with two attached hydrogens (primary N) is 2. The lowest BCUT2D eigenvalue weighted by Gasteiger charge is -2.24. The topological polar surface area (TPSA) is 201 Å². The van der Waals surface area contributed by atoms with Crippen LogP contribution in [0.1, 0.15) is 46.6 Å². The predicted molar refractivity (Wildman–Crippen MR) is 285 cm³/mol. The number of carbonyl (C=O) groups excluding carboxylic acids is 2. The van der Waals surface area contributed by atoms with E-state index in [4.69, 9.17) is 21.5 Å². The van der Waals surface area contributed by atoms with E-state index >= 15 is 0 Å². The summed E-state index contributed by atoms with van der Waals surface area (Å²) < 4.78 is 127. The first-order valence-electron chi connectivity index (χ1n) is 22.8. The number of rotatable bonds is 10. The average molecular weight is 1200 g/mol. The Labute approximate surface area is 463 Å². The van der Waals surface area contributed by atoms with Crippen molar-refractivity contribution >= 4 is 65.1 Å². The normalized spacial score (nSPS) is 11.8. The lowest BCUT2D eigenvalue weighted by atomic mass is 9.81. The Morgan fingerprint density at radius 1 is 0.564 bits per heavy atom. The third-order valence-corrected chi connectivity index (χ3v) is 11.4. The quantitative estimate of drug-likeness (QED) is 0.0511. The molecule has 0 atom stereocenters. The predicted octanol–water partition coefficient (Wildman–Crippen LogP) is 9.54. The number of hydrogen-bond donors (Lipinski definition) is 7. The van der Waals surface area contributed by atoms with Gasteiger partial charge < -0.3 is 37.5 Å². The second kappa shape index (κ2) is 33.7. The van der Waals surface area contributed by atoms with Crippen molar-refractivity contribution in [2.75, 3.05) is 13.1 Å². The van der Waals surface area contributed by atoms with Gasteiger partial charge in [-0.25, -0.2) is 17.6 Å². The highest BCUT2D eigenvalue weighted by Gasteiger charge is 2.39. The summed E-state index contributed by atoms with van der Waals surface area (Å²) in [6, 6.07) is 27.5. The van der Waals surface area contributed by atoms with Gasteiger partial charge in [0.05, 0.1) is 4.47 Å². The van der Waals surface area contributed by atoms with Crippen molar-refractivity contribution in [3.63, 3.8) is 0 Å². The molecular formula is C52H52BBrCl2F10N8O4. The molecule has 2 amide bonds. The number of carbonyl (C=O) groups is 2. The molecule has 0 unspecified atom stereocenters. The van der Waals surface area contributed by atoms with Crippen LogP contribution in [0.5, 0.6) is 0 Å². The highest BCUT2D eigenvalue weighted by Crippen LogP contribution is 2.29. The fourth-order valence-electron chi connectivity index (χ4n) is 6.80. The van der Waals surface area contributed by atoms with E-state index in [0.29, 0.717) is 50.8 Å². The van der Waals surface area contributed by atoms with E-state index in [1.807, 2.05) is 0 Å². The smallest absolute Gasteiger partial charge is 0.423 e. The van der Waals surface area contributed by atoms with Crippen molar-refractivity contribution in [3.05, 3.63) is 202 Å². The van der Waals surface area contributed by atoms with Gasteiger partial charge in [-0.3, -0.25) is 24.5 Å². The van der Waals surface area contributed by atoms with Gasteiger partial charge in [-0.15, -0.1) is 24.8 Å². The summed E-state index contributed by atoms with van der Waals surface area (Å²) in [5.74, 6) is -5.31. The zero-order valence-electron chi connectivity index (χ0n) is 40.8. The second-order valence-corrected chi connectivity index (χ2v) is 17.0. The van der Waals surface area contributed by atoms with E-state index in [9.17, 15) is 53.5 Å². The van der Waals surface area contributed by atoms with Crippen molar-refractivity contribution in [3.8, 4) is 22.3 Å².